The summed E-state index contributed by atoms with van der Waals surface area (Å²) in [6.45, 7) is 0. The van der Waals surface area contributed by atoms with Gasteiger partial charge >= 0.3 is 6.18 Å². The molecule has 0 spiro atoms. The molecule has 46 heavy (non-hydrogen) atoms. The summed E-state index contributed by atoms with van der Waals surface area (Å²) in [5.41, 5.74) is 1.18. The molecule has 2 unspecified atom stereocenters. The van der Waals surface area contributed by atoms with E-state index in [0.29, 0.717) is 22.9 Å². The van der Waals surface area contributed by atoms with Gasteiger partial charge in [0.05, 0.1) is 34.8 Å². The summed E-state index contributed by atoms with van der Waals surface area (Å²) in [6, 6.07) is 21.4. The molecule has 1 aliphatic rings. The highest BCUT2D eigenvalue weighted by molar-refractivity contribution is 9.10. The molecule has 1 fully saturated rings. The van der Waals surface area contributed by atoms with E-state index < -0.39 is 53.9 Å². The van der Waals surface area contributed by atoms with Crippen molar-refractivity contribution in [2.24, 2.45) is 0 Å². The van der Waals surface area contributed by atoms with Crippen LogP contribution in [0.2, 0.25) is 0 Å². The molecule has 1 aliphatic heterocycles. The van der Waals surface area contributed by atoms with Crippen LogP contribution in [-0.4, -0.2) is 32.7 Å². The molecule has 2 heterocycles. The van der Waals surface area contributed by atoms with Crippen molar-refractivity contribution in [1.29, 1.82) is 0 Å². The zero-order chi connectivity index (χ0) is 32.9. The zero-order valence-corrected chi connectivity index (χ0v) is 26.8. The number of carbonyl (C=O) groups excluding carboxylic acids is 1. The van der Waals surface area contributed by atoms with Crippen LogP contribution in [-0.2, 0) is 37.4 Å². The summed E-state index contributed by atoms with van der Waals surface area (Å²) in [5, 5.41) is 0.946. The number of nitrogens with zero attached hydrogens (tertiary/aromatic N) is 1. The van der Waals surface area contributed by atoms with E-state index >= 15 is 0 Å². The van der Waals surface area contributed by atoms with Gasteiger partial charge in [-0.2, -0.15) is 13.2 Å². The maximum atomic E-state index is 13.6. The van der Waals surface area contributed by atoms with Crippen molar-refractivity contribution in [3.8, 4) is 11.3 Å². The second-order valence-corrected chi connectivity index (χ2v) is 15.2. The molecule has 4 aromatic carbocycles. The summed E-state index contributed by atoms with van der Waals surface area (Å²) in [4.78, 5) is 18.7. The third-order valence-electron chi connectivity index (χ3n) is 7.63. The average Bonchev–Trinajstić information content (AvgIpc) is 3.60. The average molecular weight is 734 g/mol. The maximum absolute atomic E-state index is 13.6. The molecule has 238 valence electrons. The Hall–Kier alpha value is -4.05. The number of H-pyrrole nitrogens is 1. The number of carbonyl (C=O) groups is 1. The van der Waals surface area contributed by atoms with Crippen molar-refractivity contribution in [3.05, 3.63) is 118 Å². The molecule has 15 heteroatoms. The lowest BCUT2D eigenvalue weighted by Crippen LogP contribution is -2.31. The number of alkyl halides is 3. The van der Waals surface area contributed by atoms with Gasteiger partial charge in [-0.3, -0.25) is 9.52 Å². The number of aromatic nitrogens is 2. The minimum absolute atomic E-state index is 0.00143. The molecule has 6 rings (SSSR count). The molecule has 3 N–H and O–H groups in total. The van der Waals surface area contributed by atoms with Crippen LogP contribution in [0.3, 0.4) is 0 Å². The van der Waals surface area contributed by atoms with E-state index in [1.54, 1.807) is 18.3 Å². The molecular formula is C31H24BrF3N4O5S2. The molecule has 2 atom stereocenters. The molecule has 0 aliphatic carbocycles. The van der Waals surface area contributed by atoms with Crippen LogP contribution >= 0.6 is 15.9 Å². The number of amides is 1. The van der Waals surface area contributed by atoms with E-state index in [1.807, 2.05) is 47.2 Å². The van der Waals surface area contributed by atoms with Crippen LogP contribution in [0.4, 0.5) is 13.2 Å². The number of rotatable bonds is 8. The molecule has 1 aromatic heterocycles. The number of hydrogen-bond acceptors (Lipinski definition) is 6. The Bertz CT molecular complexity index is 2190. The fourth-order valence-corrected chi connectivity index (χ4v) is 8.43. The van der Waals surface area contributed by atoms with Crippen LogP contribution in [0.1, 0.15) is 40.2 Å². The van der Waals surface area contributed by atoms with Gasteiger partial charge in [-0.15, -0.1) is 0 Å². The van der Waals surface area contributed by atoms with Crippen LogP contribution in [0, 0.1) is 0 Å². The zero-order valence-electron chi connectivity index (χ0n) is 23.5. The SMILES string of the molecule is O=C1CC(c2ccc(CC(NS(=O)(=O)c3ccc(Br)c(C(F)(F)F)c3)c3ncc(-c4ccc5ccccc5c4)[nH]3)cc2)S(=O)(=O)N1. The number of imidazole rings is 1. The first kappa shape index (κ1) is 31.9. The Labute approximate surface area is 270 Å². The summed E-state index contributed by atoms with van der Waals surface area (Å²) in [7, 11) is -8.38. The van der Waals surface area contributed by atoms with E-state index in [1.165, 1.54) is 12.1 Å². The van der Waals surface area contributed by atoms with E-state index in [4.69, 9.17) is 0 Å². The minimum atomic E-state index is -4.80. The van der Waals surface area contributed by atoms with Crippen molar-refractivity contribution in [2.75, 3.05) is 0 Å². The van der Waals surface area contributed by atoms with Crippen molar-refractivity contribution in [2.45, 2.75) is 35.2 Å². The van der Waals surface area contributed by atoms with Crippen molar-refractivity contribution in [1.82, 2.24) is 19.4 Å². The fraction of sp³-hybridized carbons (Fsp3) is 0.161. The Morgan fingerprint density at radius 3 is 2.37 bits per heavy atom. The van der Waals surface area contributed by atoms with E-state index in [-0.39, 0.29) is 23.1 Å². The standard InChI is InChI=1S/C31H24BrF3N4O5S2/c32-25-12-11-23(15-24(25)31(33,34)35)45(41,42)38-26(13-18-5-7-20(8-6-18)28-16-29(40)39-46(28,43)44)30-36-17-27(37-30)22-10-9-19-3-1-2-4-21(19)14-22/h1-12,14-15,17,26,28,38H,13,16H2,(H,36,37)(H,39,40). The van der Waals surface area contributed by atoms with Crippen molar-refractivity contribution < 1.29 is 34.8 Å². The number of benzene rings is 4. The van der Waals surface area contributed by atoms with E-state index in [2.05, 4.69) is 30.6 Å². The monoisotopic (exact) mass is 732 g/mol. The quantitative estimate of drug-likeness (QED) is 0.175. The summed E-state index contributed by atoms with van der Waals surface area (Å²) >= 11 is 2.83. The number of halogens is 4. The molecule has 1 saturated heterocycles. The number of hydrogen-bond donors (Lipinski definition) is 3. The Morgan fingerprint density at radius 2 is 1.70 bits per heavy atom. The molecule has 0 radical (unpaired) electrons. The number of nitrogens with one attached hydrogen (secondary N) is 3. The molecule has 0 saturated carbocycles. The predicted octanol–water partition coefficient (Wildman–Crippen LogP) is 6.16. The fourth-order valence-electron chi connectivity index (χ4n) is 5.31. The normalized spacial score (nSPS) is 17.2. The first-order chi connectivity index (χ1) is 21.7. The van der Waals surface area contributed by atoms with Gasteiger partial charge in [-0.05, 0) is 52.6 Å². The van der Waals surface area contributed by atoms with Crippen LogP contribution < -0.4 is 9.44 Å². The topological polar surface area (TPSA) is 138 Å². The Kier molecular flexibility index (Phi) is 8.29. The molecule has 1 amide bonds. The highest BCUT2D eigenvalue weighted by atomic mass is 79.9. The van der Waals surface area contributed by atoms with Crippen LogP contribution in [0.25, 0.3) is 22.0 Å². The molecule has 9 nitrogen and oxygen atoms in total. The van der Waals surface area contributed by atoms with Gasteiger partial charge in [0.15, 0.2) is 0 Å². The molecular weight excluding hydrogens is 709 g/mol. The summed E-state index contributed by atoms with van der Waals surface area (Å²) in [5.74, 6) is -0.401. The summed E-state index contributed by atoms with van der Waals surface area (Å²) in [6.07, 6.45) is -3.48. The predicted molar refractivity (Wildman–Crippen MR) is 168 cm³/mol. The van der Waals surface area contributed by atoms with Gasteiger partial charge < -0.3 is 4.98 Å². The van der Waals surface area contributed by atoms with E-state index in [9.17, 15) is 34.8 Å². The third-order valence-corrected chi connectivity index (χ3v) is 11.5. The second kappa shape index (κ2) is 12.0. The lowest BCUT2D eigenvalue weighted by Gasteiger charge is -2.19. The van der Waals surface area contributed by atoms with Crippen molar-refractivity contribution in [3.63, 3.8) is 0 Å². The number of aromatic amines is 1. The van der Waals surface area contributed by atoms with Gasteiger partial charge in [-0.25, -0.2) is 26.5 Å². The van der Waals surface area contributed by atoms with Gasteiger partial charge in [0.1, 0.15) is 11.1 Å². The van der Waals surface area contributed by atoms with Gasteiger partial charge in [0, 0.05) is 10.0 Å². The lowest BCUT2D eigenvalue weighted by atomic mass is 10.0. The first-order valence-corrected chi connectivity index (χ1v) is 17.6. The minimum Gasteiger partial charge on any atom is -0.341 e. The molecule has 5 aromatic rings. The highest BCUT2D eigenvalue weighted by Crippen LogP contribution is 2.37. The lowest BCUT2D eigenvalue weighted by molar-refractivity contribution is -0.138. The van der Waals surface area contributed by atoms with E-state index in [0.717, 1.165) is 28.5 Å². The number of fused-ring (bicyclic) bond motifs is 1. The van der Waals surface area contributed by atoms with Crippen LogP contribution in [0.15, 0.2) is 100 Å². The Balaban J connectivity index is 1.34. The smallest absolute Gasteiger partial charge is 0.341 e. The largest absolute Gasteiger partial charge is 0.417 e. The summed E-state index contributed by atoms with van der Waals surface area (Å²) < 4.78 is 96.6. The van der Waals surface area contributed by atoms with Gasteiger partial charge in [0.2, 0.25) is 26.0 Å². The van der Waals surface area contributed by atoms with Crippen molar-refractivity contribution >= 4 is 52.7 Å². The van der Waals surface area contributed by atoms with Gasteiger partial charge in [-0.1, -0.05) is 76.6 Å². The second-order valence-electron chi connectivity index (χ2n) is 10.8. The Morgan fingerprint density at radius 1 is 0.978 bits per heavy atom. The van der Waals surface area contributed by atoms with Gasteiger partial charge in [0.25, 0.3) is 0 Å². The third kappa shape index (κ3) is 6.58. The molecule has 0 bridgehead atoms. The van der Waals surface area contributed by atoms with Crippen LogP contribution in [0.5, 0.6) is 0 Å². The number of sulfonamides is 2. The maximum Gasteiger partial charge on any atom is 0.417 e. The highest BCUT2D eigenvalue weighted by Gasteiger charge is 2.38. The first-order valence-electron chi connectivity index (χ1n) is 13.8.